The average Bonchev–Trinajstić information content (AvgIpc) is 3.18. The van der Waals surface area contributed by atoms with Crippen molar-refractivity contribution in [1.29, 1.82) is 0 Å². The number of rotatable bonds is 5. The second kappa shape index (κ2) is 7.99. The third-order valence-corrected chi connectivity index (χ3v) is 5.16. The van der Waals surface area contributed by atoms with Crippen LogP contribution in [-0.4, -0.2) is 26.9 Å². The summed E-state index contributed by atoms with van der Waals surface area (Å²) in [6.07, 6.45) is 0. The molecular weight excluding hydrogens is 380 g/mol. The van der Waals surface area contributed by atoms with Gasteiger partial charge < -0.3 is 24.4 Å². The Morgan fingerprint density at radius 3 is 2.43 bits per heavy atom. The SMILES string of the molecule is Cc1cccc(Nc2ccccc2C(=O)Oc2cc3c(cc2N(C)C)OCO3)c1C. The normalized spacial score (nSPS) is 11.9. The highest BCUT2D eigenvalue weighted by molar-refractivity contribution is 5.98. The molecule has 0 aliphatic carbocycles. The molecule has 0 spiro atoms. The van der Waals surface area contributed by atoms with Gasteiger partial charge in [-0.25, -0.2) is 4.79 Å². The first-order valence-electron chi connectivity index (χ1n) is 9.69. The van der Waals surface area contributed by atoms with Gasteiger partial charge in [0.2, 0.25) is 6.79 Å². The van der Waals surface area contributed by atoms with Crippen molar-refractivity contribution in [2.24, 2.45) is 0 Å². The van der Waals surface area contributed by atoms with Gasteiger partial charge in [-0.05, 0) is 43.2 Å². The summed E-state index contributed by atoms with van der Waals surface area (Å²) in [7, 11) is 3.76. The van der Waals surface area contributed by atoms with E-state index in [1.54, 1.807) is 12.1 Å². The number of esters is 1. The number of nitrogens with zero attached hydrogens (tertiary/aromatic N) is 1. The summed E-state index contributed by atoms with van der Waals surface area (Å²) >= 11 is 0. The lowest BCUT2D eigenvalue weighted by atomic mass is 10.1. The number of benzene rings is 3. The highest BCUT2D eigenvalue weighted by Gasteiger charge is 2.22. The van der Waals surface area contributed by atoms with Crippen molar-refractivity contribution in [3.05, 3.63) is 71.3 Å². The topological polar surface area (TPSA) is 60.0 Å². The van der Waals surface area contributed by atoms with Gasteiger partial charge in [-0.15, -0.1) is 0 Å². The first-order chi connectivity index (χ1) is 14.4. The van der Waals surface area contributed by atoms with Crippen LogP contribution in [0.15, 0.2) is 54.6 Å². The second-order valence-electron chi connectivity index (χ2n) is 7.38. The Morgan fingerprint density at radius 2 is 1.67 bits per heavy atom. The summed E-state index contributed by atoms with van der Waals surface area (Å²) in [6, 6.07) is 16.9. The lowest BCUT2D eigenvalue weighted by Gasteiger charge is -2.19. The number of fused-ring (bicyclic) bond motifs is 1. The maximum absolute atomic E-state index is 13.1. The van der Waals surface area contributed by atoms with E-state index in [1.165, 1.54) is 5.56 Å². The van der Waals surface area contributed by atoms with Gasteiger partial charge in [-0.3, -0.25) is 0 Å². The monoisotopic (exact) mass is 404 g/mol. The van der Waals surface area contributed by atoms with Crippen LogP contribution < -0.4 is 24.4 Å². The van der Waals surface area contributed by atoms with Crippen LogP contribution in [0, 0.1) is 13.8 Å². The predicted octanol–water partition coefficient (Wildman–Crippen LogP) is 5.06. The molecule has 0 atom stereocenters. The Balaban J connectivity index is 1.65. The van der Waals surface area contributed by atoms with Crippen molar-refractivity contribution in [3.63, 3.8) is 0 Å². The van der Waals surface area contributed by atoms with Gasteiger partial charge in [-0.2, -0.15) is 0 Å². The Hall–Kier alpha value is -3.67. The molecule has 1 N–H and O–H groups in total. The number of carbonyl (C=O) groups excluding carboxylic acids is 1. The van der Waals surface area contributed by atoms with E-state index in [-0.39, 0.29) is 6.79 Å². The number of hydrogen-bond acceptors (Lipinski definition) is 6. The van der Waals surface area contributed by atoms with Crippen molar-refractivity contribution < 1.29 is 19.0 Å². The molecule has 30 heavy (non-hydrogen) atoms. The van der Waals surface area contributed by atoms with Gasteiger partial charge >= 0.3 is 5.97 Å². The molecule has 6 nitrogen and oxygen atoms in total. The van der Waals surface area contributed by atoms with Crippen LogP contribution in [0.1, 0.15) is 21.5 Å². The highest BCUT2D eigenvalue weighted by atomic mass is 16.7. The Labute approximate surface area is 176 Å². The summed E-state index contributed by atoms with van der Waals surface area (Å²) in [5.41, 5.74) is 5.12. The van der Waals surface area contributed by atoms with Gasteiger partial charge in [0, 0.05) is 31.9 Å². The van der Waals surface area contributed by atoms with Crippen LogP contribution in [0.5, 0.6) is 17.2 Å². The molecule has 3 aromatic rings. The first kappa shape index (κ1) is 19.6. The first-order valence-corrected chi connectivity index (χ1v) is 9.69. The average molecular weight is 404 g/mol. The molecule has 1 aliphatic heterocycles. The molecule has 0 saturated carbocycles. The van der Waals surface area contributed by atoms with Gasteiger partial charge in [0.05, 0.1) is 16.9 Å². The van der Waals surface area contributed by atoms with Gasteiger partial charge in [-0.1, -0.05) is 24.3 Å². The van der Waals surface area contributed by atoms with Crippen LogP contribution in [0.3, 0.4) is 0 Å². The molecule has 3 aromatic carbocycles. The largest absolute Gasteiger partial charge is 0.454 e. The molecule has 0 bridgehead atoms. The quantitative estimate of drug-likeness (QED) is 0.474. The number of aryl methyl sites for hydroxylation is 1. The predicted molar refractivity (Wildman–Crippen MR) is 117 cm³/mol. The van der Waals surface area contributed by atoms with Crippen molar-refractivity contribution >= 4 is 23.0 Å². The van der Waals surface area contributed by atoms with Crippen molar-refractivity contribution in [2.45, 2.75) is 13.8 Å². The zero-order valence-electron chi connectivity index (χ0n) is 17.5. The summed E-state index contributed by atoms with van der Waals surface area (Å²) in [6.45, 7) is 4.26. The molecular formula is C24H24N2O4. The molecule has 6 heteroatoms. The van der Waals surface area contributed by atoms with Crippen LogP contribution in [-0.2, 0) is 0 Å². The number of carbonyl (C=O) groups is 1. The highest BCUT2D eigenvalue weighted by Crippen LogP contribution is 2.42. The maximum atomic E-state index is 13.1. The van der Waals surface area contributed by atoms with E-state index in [2.05, 4.69) is 25.2 Å². The number of anilines is 3. The minimum atomic E-state index is -0.453. The van der Waals surface area contributed by atoms with E-state index >= 15 is 0 Å². The Kier molecular flexibility index (Phi) is 5.23. The van der Waals surface area contributed by atoms with Gasteiger partial charge in [0.15, 0.2) is 17.2 Å². The standard InChI is InChI=1S/C24H24N2O4/c1-15-8-7-11-18(16(15)2)25-19-10-6-5-9-17(19)24(27)30-21-13-23-22(28-14-29-23)12-20(21)26(3)4/h5-13,25H,14H2,1-4H3. The number of hydrogen-bond donors (Lipinski definition) is 1. The molecule has 1 heterocycles. The van der Waals surface area contributed by atoms with Crippen LogP contribution >= 0.6 is 0 Å². The number of nitrogens with one attached hydrogen (secondary N) is 1. The fourth-order valence-electron chi connectivity index (χ4n) is 3.30. The Bertz CT molecular complexity index is 1110. The molecule has 1 aliphatic rings. The third kappa shape index (κ3) is 3.76. The van der Waals surface area contributed by atoms with Crippen molar-refractivity contribution in [3.8, 4) is 17.2 Å². The van der Waals surface area contributed by atoms with Gasteiger partial charge in [0.25, 0.3) is 0 Å². The number of para-hydroxylation sites is 1. The summed E-state index contributed by atoms with van der Waals surface area (Å²) in [4.78, 5) is 15.0. The summed E-state index contributed by atoms with van der Waals surface area (Å²) in [5.74, 6) is 1.15. The van der Waals surface area contributed by atoms with Crippen LogP contribution in [0.4, 0.5) is 17.1 Å². The Morgan fingerprint density at radius 1 is 0.967 bits per heavy atom. The zero-order valence-corrected chi connectivity index (χ0v) is 17.5. The molecule has 0 amide bonds. The molecule has 154 valence electrons. The van der Waals surface area contributed by atoms with Crippen molar-refractivity contribution in [2.75, 3.05) is 31.1 Å². The van der Waals surface area contributed by atoms with Crippen LogP contribution in [0.25, 0.3) is 0 Å². The second-order valence-corrected chi connectivity index (χ2v) is 7.38. The van der Waals surface area contributed by atoms with E-state index in [4.69, 9.17) is 14.2 Å². The fourth-order valence-corrected chi connectivity index (χ4v) is 3.30. The minimum absolute atomic E-state index is 0.155. The number of ether oxygens (including phenoxy) is 3. The molecule has 4 rings (SSSR count). The molecule has 0 fully saturated rings. The van der Waals surface area contributed by atoms with E-state index in [1.807, 2.05) is 55.4 Å². The minimum Gasteiger partial charge on any atom is -0.454 e. The molecule has 0 radical (unpaired) electrons. The summed E-state index contributed by atoms with van der Waals surface area (Å²) in [5, 5.41) is 3.37. The fraction of sp³-hybridized carbons (Fsp3) is 0.208. The zero-order chi connectivity index (χ0) is 21.3. The molecule has 0 saturated heterocycles. The lowest BCUT2D eigenvalue weighted by molar-refractivity contribution is 0.0736. The molecule has 0 aromatic heterocycles. The van der Waals surface area contributed by atoms with E-state index < -0.39 is 5.97 Å². The summed E-state index contributed by atoms with van der Waals surface area (Å²) < 4.78 is 16.7. The van der Waals surface area contributed by atoms with Crippen LogP contribution in [0.2, 0.25) is 0 Å². The smallest absolute Gasteiger partial charge is 0.345 e. The molecule has 0 unspecified atom stereocenters. The van der Waals surface area contributed by atoms with Crippen molar-refractivity contribution in [1.82, 2.24) is 0 Å². The third-order valence-electron chi connectivity index (χ3n) is 5.16. The van der Waals surface area contributed by atoms with E-state index in [0.717, 1.165) is 16.9 Å². The van der Waals surface area contributed by atoms with E-state index in [0.29, 0.717) is 28.5 Å². The van der Waals surface area contributed by atoms with Gasteiger partial charge in [0.1, 0.15) is 0 Å². The van der Waals surface area contributed by atoms with E-state index in [9.17, 15) is 4.79 Å². The lowest BCUT2D eigenvalue weighted by Crippen LogP contribution is -2.15. The maximum Gasteiger partial charge on any atom is 0.345 e.